The van der Waals surface area contributed by atoms with Gasteiger partial charge < -0.3 is 14.2 Å². The number of carbonyl (C=O) groups is 1. The molecule has 3 aliphatic rings. The van der Waals surface area contributed by atoms with Gasteiger partial charge in [-0.05, 0) is 38.8 Å². The van der Waals surface area contributed by atoms with E-state index in [1.165, 1.54) is 19.3 Å². The molecule has 3 aromatic rings. The Morgan fingerprint density at radius 3 is 2.65 bits per heavy atom. The van der Waals surface area contributed by atoms with Gasteiger partial charge in [0.05, 0.1) is 30.0 Å². The van der Waals surface area contributed by atoms with Crippen LogP contribution in [-0.2, 0) is 16.6 Å². The zero-order chi connectivity index (χ0) is 25.7. The average molecular weight is 521 g/mol. The fourth-order valence-electron chi connectivity index (χ4n) is 6.15. The highest BCUT2D eigenvalue weighted by atomic mass is 35.5. The first-order valence-electron chi connectivity index (χ1n) is 13.2. The van der Waals surface area contributed by atoms with Gasteiger partial charge in [0.2, 0.25) is 5.91 Å². The Hall–Kier alpha value is -2.97. The van der Waals surface area contributed by atoms with E-state index in [0.717, 1.165) is 46.9 Å². The zero-order valence-corrected chi connectivity index (χ0v) is 22.5. The molecular formula is C28H33ClN6O2. The lowest BCUT2D eigenvalue weighted by Crippen LogP contribution is -2.54. The SMILES string of the molecule is Cc1c2c(cn1C)-n1c(C)nnc1[C@H](CC(=O)N1CCOC3(CCCCC3)C1)N=C2c1ccc(Cl)cc1. The average Bonchev–Trinajstić information content (AvgIpc) is 3.37. The molecule has 6 rings (SSSR count). The van der Waals surface area contributed by atoms with E-state index in [1.54, 1.807) is 0 Å². The number of halogens is 1. The normalized spacial score (nSPS) is 20.8. The van der Waals surface area contributed by atoms with Crippen molar-refractivity contribution in [2.75, 3.05) is 19.7 Å². The minimum Gasteiger partial charge on any atom is -0.371 e. The number of rotatable bonds is 3. The second kappa shape index (κ2) is 9.40. The number of nitrogens with zero attached hydrogens (tertiary/aromatic N) is 6. The molecule has 0 N–H and O–H groups in total. The topological polar surface area (TPSA) is 77.5 Å². The summed E-state index contributed by atoms with van der Waals surface area (Å²) in [4.78, 5) is 21.0. The summed E-state index contributed by atoms with van der Waals surface area (Å²) < 4.78 is 10.4. The first kappa shape index (κ1) is 24.4. The molecule has 0 bridgehead atoms. The first-order valence-corrected chi connectivity index (χ1v) is 13.6. The van der Waals surface area contributed by atoms with Gasteiger partial charge in [0.15, 0.2) is 5.82 Å². The van der Waals surface area contributed by atoms with Crippen LogP contribution in [0, 0.1) is 13.8 Å². The van der Waals surface area contributed by atoms with E-state index in [2.05, 4.69) is 32.5 Å². The molecule has 2 fully saturated rings. The molecule has 1 saturated carbocycles. The number of carbonyl (C=O) groups excluding carboxylic acids is 1. The van der Waals surface area contributed by atoms with E-state index in [9.17, 15) is 4.79 Å². The van der Waals surface area contributed by atoms with Crippen molar-refractivity contribution in [1.82, 2.24) is 24.2 Å². The molecule has 0 unspecified atom stereocenters. The number of fused-ring (bicyclic) bond motifs is 3. The van der Waals surface area contributed by atoms with Crippen LogP contribution in [0.1, 0.15) is 73.0 Å². The Morgan fingerprint density at radius 1 is 1.14 bits per heavy atom. The molecule has 0 radical (unpaired) electrons. The maximum Gasteiger partial charge on any atom is 0.225 e. The Kier molecular flexibility index (Phi) is 6.19. The van der Waals surface area contributed by atoms with Crippen LogP contribution in [-0.4, -0.2) is 61.1 Å². The first-order chi connectivity index (χ1) is 17.8. The zero-order valence-electron chi connectivity index (χ0n) is 21.7. The number of aromatic nitrogens is 4. The lowest BCUT2D eigenvalue weighted by Gasteiger charge is -2.45. The lowest BCUT2D eigenvalue weighted by molar-refractivity contribution is -0.156. The molecule has 4 heterocycles. The summed E-state index contributed by atoms with van der Waals surface area (Å²) >= 11 is 6.21. The molecule has 194 valence electrons. The Morgan fingerprint density at radius 2 is 1.89 bits per heavy atom. The van der Waals surface area contributed by atoms with Crippen LogP contribution in [0.25, 0.3) is 5.69 Å². The van der Waals surface area contributed by atoms with Crippen LogP contribution < -0.4 is 0 Å². The van der Waals surface area contributed by atoms with Crippen molar-refractivity contribution in [1.29, 1.82) is 0 Å². The number of aryl methyl sites for hydroxylation is 2. The minimum absolute atomic E-state index is 0.0912. The van der Waals surface area contributed by atoms with Gasteiger partial charge in [0.25, 0.3) is 0 Å². The van der Waals surface area contributed by atoms with Crippen molar-refractivity contribution in [3.63, 3.8) is 0 Å². The van der Waals surface area contributed by atoms with E-state index < -0.39 is 6.04 Å². The summed E-state index contributed by atoms with van der Waals surface area (Å²) in [6.07, 6.45) is 7.97. The van der Waals surface area contributed by atoms with Crippen molar-refractivity contribution in [3.8, 4) is 5.69 Å². The lowest BCUT2D eigenvalue weighted by atomic mass is 9.83. The predicted octanol–water partition coefficient (Wildman–Crippen LogP) is 4.72. The summed E-state index contributed by atoms with van der Waals surface area (Å²) in [5.74, 6) is 1.57. The molecule has 1 aliphatic carbocycles. The molecule has 2 aromatic heterocycles. The number of hydrogen-bond acceptors (Lipinski definition) is 5. The van der Waals surface area contributed by atoms with Gasteiger partial charge in [-0.2, -0.15) is 0 Å². The molecule has 2 aliphatic heterocycles. The van der Waals surface area contributed by atoms with Gasteiger partial charge in [0, 0.05) is 48.2 Å². The summed E-state index contributed by atoms with van der Waals surface area (Å²) in [6, 6.07) is 7.28. The number of benzene rings is 1. The number of morpholine rings is 1. The van der Waals surface area contributed by atoms with Crippen LogP contribution in [0.2, 0.25) is 5.02 Å². The van der Waals surface area contributed by atoms with Crippen molar-refractivity contribution in [3.05, 3.63) is 64.0 Å². The Balaban J connectivity index is 1.40. The Bertz CT molecular complexity index is 1360. The molecular weight excluding hydrogens is 488 g/mol. The molecule has 1 saturated heterocycles. The smallest absolute Gasteiger partial charge is 0.225 e. The van der Waals surface area contributed by atoms with Crippen LogP contribution >= 0.6 is 11.6 Å². The molecule has 1 atom stereocenters. The largest absolute Gasteiger partial charge is 0.371 e. The summed E-state index contributed by atoms with van der Waals surface area (Å²) in [5, 5.41) is 9.61. The van der Waals surface area contributed by atoms with Gasteiger partial charge in [-0.15, -0.1) is 10.2 Å². The van der Waals surface area contributed by atoms with Crippen LogP contribution in [0.3, 0.4) is 0 Å². The van der Waals surface area contributed by atoms with Crippen molar-refractivity contribution in [2.24, 2.45) is 12.0 Å². The van der Waals surface area contributed by atoms with E-state index in [1.807, 2.05) is 43.1 Å². The molecule has 1 aromatic carbocycles. The monoisotopic (exact) mass is 520 g/mol. The molecule has 1 spiro atoms. The Labute approximate surface area is 222 Å². The third kappa shape index (κ3) is 4.30. The van der Waals surface area contributed by atoms with Crippen molar-refractivity contribution in [2.45, 2.75) is 64.0 Å². The minimum atomic E-state index is -0.457. The van der Waals surface area contributed by atoms with E-state index in [0.29, 0.717) is 30.5 Å². The fourth-order valence-corrected chi connectivity index (χ4v) is 6.28. The third-order valence-corrected chi connectivity index (χ3v) is 8.48. The van der Waals surface area contributed by atoms with Crippen LogP contribution in [0.5, 0.6) is 0 Å². The van der Waals surface area contributed by atoms with Gasteiger partial charge >= 0.3 is 0 Å². The van der Waals surface area contributed by atoms with Crippen molar-refractivity contribution < 1.29 is 9.53 Å². The number of aliphatic imine (C=N–C) groups is 1. The standard InChI is InChI=1S/C28H33ClN6O2/c1-18-25-23(16-33(18)3)35-19(2)31-32-27(35)22(30-26(25)20-7-9-21(29)10-8-20)15-24(36)34-13-14-37-28(17-34)11-5-4-6-12-28/h7-10,16,22H,4-6,11-15,17H2,1-3H3/t22-/m0/s1. The maximum atomic E-state index is 13.8. The second-order valence-corrected chi connectivity index (χ2v) is 11.1. The number of hydrogen-bond donors (Lipinski definition) is 0. The van der Waals surface area contributed by atoms with Crippen LogP contribution in [0.15, 0.2) is 35.5 Å². The molecule has 9 heteroatoms. The summed E-state index contributed by atoms with van der Waals surface area (Å²) in [7, 11) is 2.03. The van der Waals surface area contributed by atoms with Crippen molar-refractivity contribution >= 4 is 23.2 Å². The van der Waals surface area contributed by atoms with Gasteiger partial charge in [0.1, 0.15) is 11.9 Å². The fraction of sp³-hybridized carbons (Fsp3) is 0.500. The highest BCUT2D eigenvalue weighted by Gasteiger charge is 2.40. The van der Waals surface area contributed by atoms with Gasteiger partial charge in [-0.25, -0.2) is 0 Å². The quantitative estimate of drug-likeness (QED) is 0.500. The van der Waals surface area contributed by atoms with Crippen LogP contribution in [0.4, 0.5) is 0 Å². The number of ether oxygens (including phenoxy) is 1. The summed E-state index contributed by atoms with van der Waals surface area (Å²) in [6.45, 7) is 5.91. The number of amides is 1. The molecule has 8 nitrogen and oxygen atoms in total. The third-order valence-electron chi connectivity index (χ3n) is 8.23. The van der Waals surface area contributed by atoms with E-state index >= 15 is 0 Å². The van der Waals surface area contributed by atoms with E-state index in [4.69, 9.17) is 21.3 Å². The molecule has 1 amide bonds. The summed E-state index contributed by atoms with van der Waals surface area (Å²) in [5.41, 5.74) is 4.71. The highest BCUT2D eigenvalue weighted by Crippen LogP contribution is 2.37. The van der Waals surface area contributed by atoms with E-state index in [-0.39, 0.29) is 17.9 Å². The highest BCUT2D eigenvalue weighted by molar-refractivity contribution is 6.30. The second-order valence-electron chi connectivity index (χ2n) is 10.6. The maximum absolute atomic E-state index is 13.8. The van der Waals surface area contributed by atoms with Gasteiger partial charge in [-0.3, -0.25) is 14.4 Å². The van der Waals surface area contributed by atoms with Gasteiger partial charge in [-0.1, -0.05) is 43.0 Å². The molecule has 37 heavy (non-hydrogen) atoms. The predicted molar refractivity (Wildman–Crippen MR) is 143 cm³/mol.